The van der Waals surface area contributed by atoms with E-state index in [1.807, 2.05) is 0 Å². The summed E-state index contributed by atoms with van der Waals surface area (Å²) in [7, 11) is 0. The zero-order chi connectivity index (χ0) is 11.4. The molecule has 0 unspecified atom stereocenters. The van der Waals surface area contributed by atoms with Gasteiger partial charge in [-0.1, -0.05) is 0 Å². The number of carbonyl (C=O) groups is 1. The van der Waals surface area contributed by atoms with Crippen LogP contribution in [-0.2, 0) is 11.3 Å². The van der Waals surface area contributed by atoms with Gasteiger partial charge in [-0.15, -0.1) is 0 Å². The number of nitrogen functional groups attached to an aromatic ring is 1. The van der Waals surface area contributed by atoms with Crippen molar-refractivity contribution in [3.05, 3.63) is 18.0 Å². The monoisotopic (exact) mass is 224 g/mol. The Morgan fingerprint density at radius 1 is 1.62 bits per heavy atom. The Bertz CT molecular complexity index is 357. The highest BCUT2D eigenvalue weighted by atomic mass is 16.5. The zero-order valence-electron chi connectivity index (χ0n) is 9.06. The van der Waals surface area contributed by atoms with Crippen molar-refractivity contribution in [3.63, 3.8) is 0 Å². The highest BCUT2D eigenvalue weighted by molar-refractivity contribution is 5.93. The maximum atomic E-state index is 11.2. The Hall–Kier alpha value is -1.40. The molecule has 1 aliphatic rings. The van der Waals surface area contributed by atoms with Gasteiger partial charge in [0.1, 0.15) is 0 Å². The third-order valence-electron chi connectivity index (χ3n) is 2.81. The van der Waals surface area contributed by atoms with E-state index in [4.69, 9.17) is 10.6 Å². The molecule has 1 saturated heterocycles. The number of carbonyl (C=O) groups excluding carboxylic acids is 1. The van der Waals surface area contributed by atoms with Crippen LogP contribution >= 0.6 is 0 Å². The van der Waals surface area contributed by atoms with Crippen LogP contribution in [-0.4, -0.2) is 28.9 Å². The molecule has 0 bridgehead atoms. The Kier molecular flexibility index (Phi) is 3.53. The number of nitrogens with one attached hydrogen (secondary N) is 1. The van der Waals surface area contributed by atoms with Crippen molar-refractivity contribution in [3.8, 4) is 0 Å². The van der Waals surface area contributed by atoms with Crippen LogP contribution in [0.2, 0.25) is 0 Å². The Labute approximate surface area is 93.7 Å². The lowest BCUT2D eigenvalue weighted by Crippen LogP contribution is -2.29. The van der Waals surface area contributed by atoms with E-state index in [0.717, 1.165) is 32.6 Å². The number of hydrogen-bond donors (Lipinski definition) is 2. The fraction of sp³-hybridized carbons (Fsp3) is 0.600. The lowest BCUT2D eigenvalue weighted by Gasteiger charge is -2.21. The van der Waals surface area contributed by atoms with E-state index in [1.165, 1.54) is 6.20 Å². The van der Waals surface area contributed by atoms with Gasteiger partial charge in [-0.05, 0) is 18.8 Å². The van der Waals surface area contributed by atoms with Gasteiger partial charge in [-0.3, -0.25) is 14.9 Å². The quantitative estimate of drug-likeness (QED) is 0.427. The number of hydrogen-bond acceptors (Lipinski definition) is 4. The molecule has 16 heavy (non-hydrogen) atoms. The van der Waals surface area contributed by atoms with E-state index < -0.39 is 0 Å². The molecule has 6 nitrogen and oxygen atoms in total. The molecule has 0 spiro atoms. The topological polar surface area (TPSA) is 82.2 Å². The third-order valence-corrected chi connectivity index (χ3v) is 2.81. The minimum atomic E-state index is -0.307. The average Bonchev–Trinajstić information content (AvgIpc) is 2.78. The SMILES string of the molecule is NNC(=O)c1cnn(CC2CCOCC2)c1. The fourth-order valence-corrected chi connectivity index (χ4v) is 1.86. The maximum absolute atomic E-state index is 11.2. The van der Waals surface area contributed by atoms with Gasteiger partial charge in [-0.25, -0.2) is 5.84 Å². The minimum Gasteiger partial charge on any atom is -0.381 e. The Morgan fingerprint density at radius 2 is 2.38 bits per heavy atom. The summed E-state index contributed by atoms with van der Waals surface area (Å²) < 4.78 is 7.08. The first kappa shape index (κ1) is 11.1. The lowest BCUT2D eigenvalue weighted by molar-refractivity contribution is 0.0601. The summed E-state index contributed by atoms with van der Waals surface area (Å²) in [4.78, 5) is 11.2. The van der Waals surface area contributed by atoms with Gasteiger partial charge in [0.2, 0.25) is 0 Å². The zero-order valence-corrected chi connectivity index (χ0v) is 9.06. The Balaban J connectivity index is 1.94. The van der Waals surface area contributed by atoms with Gasteiger partial charge in [0.05, 0.1) is 11.8 Å². The van der Waals surface area contributed by atoms with E-state index >= 15 is 0 Å². The number of rotatable bonds is 3. The molecule has 0 atom stereocenters. The lowest BCUT2D eigenvalue weighted by atomic mass is 10.0. The van der Waals surface area contributed by atoms with E-state index in [1.54, 1.807) is 10.9 Å². The van der Waals surface area contributed by atoms with Crippen LogP contribution in [0.4, 0.5) is 0 Å². The van der Waals surface area contributed by atoms with Gasteiger partial charge >= 0.3 is 0 Å². The number of nitrogens with zero attached hydrogens (tertiary/aromatic N) is 2. The van der Waals surface area contributed by atoms with Crippen molar-refractivity contribution < 1.29 is 9.53 Å². The third kappa shape index (κ3) is 2.59. The smallest absolute Gasteiger partial charge is 0.268 e. The number of aromatic nitrogens is 2. The van der Waals surface area contributed by atoms with Gasteiger partial charge in [0, 0.05) is 26.0 Å². The highest BCUT2D eigenvalue weighted by Crippen LogP contribution is 2.16. The number of nitrogens with two attached hydrogens (primary N) is 1. The summed E-state index contributed by atoms with van der Waals surface area (Å²) in [6.45, 7) is 2.48. The van der Waals surface area contributed by atoms with Crippen LogP contribution in [0.1, 0.15) is 23.2 Å². The molecule has 1 fully saturated rings. The number of hydrazine groups is 1. The molecule has 1 aromatic heterocycles. The molecule has 0 radical (unpaired) electrons. The molecule has 2 rings (SSSR count). The fourth-order valence-electron chi connectivity index (χ4n) is 1.86. The molecule has 2 heterocycles. The highest BCUT2D eigenvalue weighted by Gasteiger charge is 2.15. The molecule has 1 aliphatic heterocycles. The summed E-state index contributed by atoms with van der Waals surface area (Å²) in [5.41, 5.74) is 2.58. The van der Waals surface area contributed by atoms with Gasteiger partial charge in [0.15, 0.2) is 0 Å². The van der Waals surface area contributed by atoms with E-state index in [9.17, 15) is 4.79 Å². The van der Waals surface area contributed by atoms with Crippen LogP contribution in [0.15, 0.2) is 12.4 Å². The van der Waals surface area contributed by atoms with E-state index in [-0.39, 0.29) is 5.91 Å². The molecular formula is C10H16N4O2. The van der Waals surface area contributed by atoms with Crippen molar-refractivity contribution in [2.24, 2.45) is 11.8 Å². The largest absolute Gasteiger partial charge is 0.381 e. The van der Waals surface area contributed by atoms with E-state index in [2.05, 4.69) is 10.5 Å². The standard InChI is InChI=1S/C10H16N4O2/c11-13-10(15)9-5-12-14(7-9)6-8-1-3-16-4-2-8/h5,7-8H,1-4,6,11H2,(H,13,15). The first-order valence-corrected chi connectivity index (χ1v) is 5.40. The van der Waals surface area contributed by atoms with Crippen LogP contribution in [0.25, 0.3) is 0 Å². The van der Waals surface area contributed by atoms with Crippen molar-refractivity contribution in [1.29, 1.82) is 0 Å². The van der Waals surface area contributed by atoms with Crippen LogP contribution in [0.3, 0.4) is 0 Å². The summed E-state index contributed by atoms with van der Waals surface area (Å²) in [6.07, 6.45) is 5.36. The summed E-state index contributed by atoms with van der Waals surface area (Å²) in [5, 5.41) is 4.14. The van der Waals surface area contributed by atoms with Crippen LogP contribution in [0.5, 0.6) is 0 Å². The first-order valence-electron chi connectivity index (χ1n) is 5.40. The molecule has 1 amide bonds. The van der Waals surface area contributed by atoms with Crippen LogP contribution in [0, 0.1) is 5.92 Å². The van der Waals surface area contributed by atoms with Crippen molar-refractivity contribution in [2.45, 2.75) is 19.4 Å². The summed E-state index contributed by atoms with van der Waals surface area (Å²) >= 11 is 0. The summed E-state index contributed by atoms with van der Waals surface area (Å²) in [6, 6.07) is 0. The normalized spacial score (nSPS) is 17.3. The molecule has 1 aromatic rings. The molecule has 0 aromatic carbocycles. The van der Waals surface area contributed by atoms with Gasteiger partial charge in [0.25, 0.3) is 5.91 Å². The molecule has 88 valence electrons. The molecule has 6 heteroatoms. The number of amides is 1. The van der Waals surface area contributed by atoms with Crippen LogP contribution < -0.4 is 11.3 Å². The maximum Gasteiger partial charge on any atom is 0.268 e. The second-order valence-electron chi connectivity index (χ2n) is 3.98. The first-order chi connectivity index (χ1) is 7.79. The second-order valence-corrected chi connectivity index (χ2v) is 3.98. The van der Waals surface area contributed by atoms with Gasteiger partial charge in [-0.2, -0.15) is 5.10 Å². The minimum absolute atomic E-state index is 0.307. The van der Waals surface area contributed by atoms with Crippen molar-refractivity contribution >= 4 is 5.91 Å². The van der Waals surface area contributed by atoms with Gasteiger partial charge < -0.3 is 4.74 Å². The summed E-state index contributed by atoms with van der Waals surface area (Å²) in [5.74, 6) is 5.32. The van der Waals surface area contributed by atoms with Crippen molar-refractivity contribution in [1.82, 2.24) is 15.2 Å². The van der Waals surface area contributed by atoms with Crippen molar-refractivity contribution in [2.75, 3.05) is 13.2 Å². The average molecular weight is 224 g/mol. The Morgan fingerprint density at radius 3 is 3.06 bits per heavy atom. The van der Waals surface area contributed by atoms with E-state index in [0.29, 0.717) is 11.5 Å². The molecule has 0 saturated carbocycles. The molecule has 3 N–H and O–H groups in total. The predicted molar refractivity (Wildman–Crippen MR) is 57.4 cm³/mol. The number of ether oxygens (including phenoxy) is 1. The second kappa shape index (κ2) is 5.09. The molecule has 0 aliphatic carbocycles. The predicted octanol–water partition coefficient (Wildman–Crippen LogP) is -0.0868. The molecular weight excluding hydrogens is 208 g/mol.